The van der Waals surface area contributed by atoms with E-state index in [4.69, 9.17) is 0 Å². The van der Waals surface area contributed by atoms with E-state index in [2.05, 4.69) is 28.1 Å². The molecule has 1 aromatic heterocycles. The second-order valence-electron chi connectivity index (χ2n) is 4.80. The van der Waals surface area contributed by atoms with Gasteiger partial charge in [-0.1, -0.05) is 52.3 Å². The first-order valence-electron chi connectivity index (χ1n) is 6.62. The Morgan fingerprint density at radius 1 is 1.10 bits per heavy atom. The highest BCUT2D eigenvalue weighted by atomic mass is 79.9. The minimum absolute atomic E-state index is 0.0309. The summed E-state index contributed by atoms with van der Waals surface area (Å²) >= 11 is 5.26. The number of benzene rings is 2. The van der Waals surface area contributed by atoms with Crippen molar-refractivity contribution in [3.05, 3.63) is 75.0 Å². The Morgan fingerprint density at radius 3 is 2.62 bits per heavy atom. The Balaban J connectivity index is 2.00. The van der Waals surface area contributed by atoms with Crippen LogP contribution in [0.25, 0.3) is 10.9 Å². The number of fused-ring (bicyclic) bond motifs is 1. The Hall–Kier alpha value is -1.52. The van der Waals surface area contributed by atoms with E-state index in [0.717, 1.165) is 26.0 Å². The number of halogens is 1. The average Bonchev–Trinajstić information content (AvgIpc) is 2.51. The normalized spacial score (nSPS) is 11.0. The Morgan fingerprint density at radius 2 is 1.81 bits per heavy atom. The van der Waals surface area contributed by atoms with Crippen molar-refractivity contribution in [2.75, 3.05) is 0 Å². The minimum Gasteiger partial charge on any atom is -0.311 e. The fraction of sp³-hybridized carbons (Fsp3) is 0.118. The summed E-state index contributed by atoms with van der Waals surface area (Å²) in [6, 6.07) is 17.9. The van der Waals surface area contributed by atoms with E-state index in [1.54, 1.807) is 22.4 Å². The van der Waals surface area contributed by atoms with E-state index in [0.29, 0.717) is 0 Å². The van der Waals surface area contributed by atoms with Crippen molar-refractivity contribution in [3.8, 4) is 0 Å². The van der Waals surface area contributed by atoms with Crippen molar-refractivity contribution in [1.82, 2.24) is 4.57 Å². The van der Waals surface area contributed by atoms with Crippen molar-refractivity contribution >= 4 is 38.6 Å². The van der Waals surface area contributed by atoms with Gasteiger partial charge in [-0.2, -0.15) is 0 Å². The molecule has 2 aromatic carbocycles. The summed E-state index contributed by atoms with van der Waals surface area (Å²) < 4.78 is 2.79. The first kappa shape index (κ1) is 14.4. The highest BCUT2D eigenvalue weighted by molar-refractivity contribution is 9.10. The zero-order valence-electron chi connectivity index (χ0n) is 11.5. The number of hydrogen-bond donors (Lipinski definition) is 0. The number of thioether (sulfide) groups is 1. The maximum Gasteiger partial charge on any atom is 0.251 e. The highest BCUT2D eigenvalue weighted by Gasteiger charge is 2.07. The molecule has 21 heavy (non-hydrogen) atoms. The van der Waals surface area contributed by atoms with Crippen LogP contribution in [0.4, 0.5) is 0 Å². The third-order valence-corrected chi connectivity index (χ3v) is 5.33. The van der Waals surface area contributed by atoms with Gasteiger partial charge in [0.25, 0.3) is 5.56 Å². The van der Waals surface area contributed by atoms with E-state index in [-0.39, 0.29) is 5.56 Å². The summed E-state index contributed by atoms with van der Waals surface area (Å²) in [5.74, 6) is 0.832. The molecule has 3 rings (SSSR count). The van der Waals surface area contributed by atoms with Gasteiger partial charge < -0.3 is 4.57 Å². The van der Waals surface area contributed by atoms with Gasteiger partial charge in [-0.25, -0.2) is 0 Å². The molecule has 0 amide bonds. The molecule has 0 aliphatic carbocycles. The monoisotopic (exact) mass is 359 g/mol. The van der Waals surface area contributed by atoms with Gasteiger partial charge >= 0.3 is 0 Å². The van der Waals surface area contributed by atoms with Gasteiger partial charge in [0.05, 0.1) is 5.52 Å². The summed E-state index contributed by atoms with van der Waals surface area (Å²) in [5, 5.41) is 1.12. The predicted octanol–water partition coefficient (Wildman–Crippen LogP) is 4.59. The fourth-order valence-electron chi connectivity index (χ4n) is 2.27. The predicted molar refractivity (Wildman–Crippen MR) is 92.9 cm³/mol. The van der Waals surface area contributed by atoms with Gasteiger partial charge in [-0.05, 0) is 17.7 Å². The van der Waals surface area contributed by atoms with Gasteiger partial charge in [-0.3, -0.25) is 4.79 Å². The molecular formula is C17H14BrNOS. The molecule has 106 valence electrons. The second-order valence-corrected chi connectivity index (χ2v) is 6.67. The maximum atomic E-state index is 12.1. The zero-order valence-corrected chi connectivity index (χ0v) is 13.9. The lowest BCUT2D eigenvalue weighted by Crippen LogP contribution is -2.16. The maximum absolute atomic E-state index is 12.1. The van der Waals surface area contributed by atoms with Crippen molar-refractivity contribution in [2.24, 2.45) is 7.05 Å². The van der Waals surface area contributed by atoms with E-state index >= 15 is 0 Å². The van der Waals surface area contributed by atoms with E-state index < -0.39 is 0 Å². The van der Waals surface area contributed by atoms with E-state index in [1.807, 2.05) is 43.4 Å². The van der Waals surface area contributed by atoms with Crippen LogP contribution in [0.5, 0.6) is 0 Å². The number of hydrogen-bond acceptors (Lipinski definition) is 2. The molecule has 0 N–H and O–H groups in total. The summed E-state index contributed by atoms with van der Waals surface area (Å²) in [5.41, 5.74) is 2.23. The van der Waals surface area contributed by atoms with Crippen LogP contribution in [0, 0.1) is 0 Å². The van der Waals surface area contributed by atoms with Crippen LogP contribution in [-0.4, -0.2) is 4.57 Å². The van der Waals surface area contributed by atoms with Gasteiger partial charge in [0.1, 0.15) is 0 Å². The molecule has 0 spiro atoms. The summed E-state index contributed by atoms with van der Waals surface area (Å²) in [4.78, 5) is 13.1. The van der Waals surface area contributed by atoms with Crippen molar-refractivity contribution in [2.45, 2.75) is 10.6 Å². The number of nitrogens with zero attached hydrogens (tertiary/aromatic N) is 1. The van der Waals surface area contributed by atoms with Crippen LogP contribution in [0.3, 0.4) is 0 Å². The van der Waals surface area contributed by atoms with Gasteiger partial charge in [-0.15, -0.1) is 11.8 Å². The number of aromatic nitrogens is 1. The molecule has 0 bridgehead atoms. The van der Waals surface area contributed by atoms with Crippen molar-refractivity contribution < 1.29 is 0 Å². The summed E-state index contributed by atoms with van der Waals surface area (Å²) in [6.45, 7) is 0. The lowest BCUT2D eigenvalue weighted by molar-refractivity contribution is 0.898. The summed E-state index contributed by atoms with van der Waals surface area (Å²) in [6.07, 6.45) is 0. The fourth-order valence-corrected chi connectivity index (χ4v) is 3.96. The molecule has 0 radical (unpaired) electrons. The van der Waals surface area contributed by atoms with Gasteiger partial charge in [0.15, 0.2) is 0 Å². The van der Waals surface area contributed by atoms with E-state index in [9.17, 15) is 4.79 Å². The topological polar surface area (TPSA) is 22.0 Å². The molecule has 2 nitrogen and oxygen atoms in total. The SMILES string of the molecule is Cn1c(=O)cc(SCc2ccccc2Br)c2ccccc21. The molecule has 4 heteroatoms. The van der Waals surface area contributed by atoms with Crippen LogP contribution in [0.2, 0.25) is 0 Å². The van der Waals surface area contributed by atoms with Gasteiger partial charge in [0.2, 0.25) is 0 Å². The molecular weight excluding hydrogens is 346 g/mol. The lowest BCUT2D eigenvalue weighted by atomic mass is 10.2. The molecule has 3 aromatic rings. The highest BCUT2D eigenvalue weighted by Crippen LogP contribution is 2.30. The number of rotatable bonds is 3. The Bertz CT molecular complexity index is 857. The van der Waals surface area contributed by atoms with Crippen molar-refractivity contribution in [3.63, 3.8) is 0 Å². The smallest absolute Gasteiger partial charge is 0.251 e. The van der Waals surface area contributed by atoms with Crippen LogP contribution in [-0.2, 0) is 12.8 Å². The third-order valence-electron chi connectivity index (χ3n) is 3.46. The Labute approximate surface area is 135 Å². The standard InChI is InChI=1S/C17H14BrNOS/c1-19-15-9-5-3-7-13(15)16(10-17(19)20)21-11-12-6-2-4-8-14(12)18/h2-10H,11H2,1H3. The molecule has 0 saturated heterocycles. The van der Waals surface area contributed by atoms with Gasteiger partial charge in [0, 0.05) is 33.6 Å². The van der Waals surface area contributed by atoms with Crippen molar-refractivity contribution in [1.29, 1.82) is 0 Å². The largest absolute Gasteiger partial charge is 0.311 e. The van der Waals surface area contributed by atoms with Crippen LogP contribution in [0.1, 0.15) is 5.56 Å². The van der Waals surface area contributed by atoms with Crippen LogP contribution in [0.15, 0.2) is 68.8 Å². The zero-order chi connectivity index (χ0) is 14.8. The lowest BCUT2D eigenvalue weighted by Gasteiger charge is -2.10. The third kappa shape index (κ3) is 2.92. The molecule has 0 saturated carbocycles. The van der Waals surface area contributed by atoms with Crippen LogP contribution < -0.4 is 5.56 Å². The second kappa shape index (κ2) is 6.08. The van der Waals surface area contributed by atoms with E-state index in [1.165, 1.54) is 5.56 Å². The first-order chi connectivity index (χ1) is 10.2. The molecule has 0 unspecified atom stereocenters. The average molecular weight is 360 g/mol. The number of para-hydroxylation sites is 1. The Kier molecular flexibility index (Phi) is 4.17. The number of pyridine rings is 1. The molecule has 0 aliphatic heterocycles. The molecule has 0 atom stereocenters. The molecule has 0 aliphatic rings. The minimum atomic E-state index is 0.0309. The summed E-state index contributed by atoms with van der Waals surface area (Å²) in [7, 11) is 1.81. The molecule has 0 fully saturated rings. The number of aryl methyl sites for hydroxylation is 1. The first-order valence-corrected chi connectivity index (χ1v) is 8.39. The molecule has 1 heterocycles. The quantitative estimate of drug-likeness (QED) is 0.637. The van der Waals surface area contributed by atoms with Crippen LogP contribution >= 0.6 is 27.7 Å².